The number of furan rings is 1. The molecule has 0 amide bonds. The van der Waals surface area contributed by atoms with E-state index < -0.39 is 0 Å². The van der Waals surface area contributed by atoms with E-state index in [9.17, 15) is 0 Å². The largest absolute Gasteiger partial charge is 0.456 e. The summed E-state index contributed by atoms with van der Waals surface area (Å²) in [5, 5.41) is 4.34. The Morgan fingerprint density at radius 1 is 0.500 bits per heavy atom. The van der Waals surface area contributed by atoms with E-state index >= 15 is 0 Å². The van der Waals surface area contributed by atoms with Gasteiger partial charge in [-0.3, -0.25) is 4.57 Å². The van der Waals surface area contributed by atoms with Crippen molar-refractivity contribution in [2.75, 3.05) is 0 Å². The molecule has 0 radical (unpaired) electrons. The third-order valence-corrected chi connectivity index (χ3v) is 9.68. The number of rotatable bonds is 5. The summed E-state index contributed by atoms with van der Waals surface area (Å²) in [4.78, 5) is 15.8. The van der Waals surface area contributed by atoms with E-state index in [-0.39, 0.29) is 0 Å². The van der Waals surface area contributed by atoms with E-state index in [2.05, 4.69) is 132 Å². The number of para-hydroxylation sites is 2. The van der Waals surface area contributed by atoms with Gasteiger partial charge in [-0.05, 0) is 65.4 Å². The molecule has 6 aromatic carbocycles. The van der Waals surface area contributed by atoms with Crippen molar-refractivity contribution in [1.82, 2.24) is 19.5 Å². The maximum Gasteiger partial charge on any atom is 0.238 e. The SMILES string of the molecule is C1=CC(c2nc(-c3cccc4oc5ccccc5c34)nc(-n3c4ccccc4c4c(-c5ccccc5)cc(-c5ccccc5)cc43)n2)=CCC1. The van der Waals surface area contributed by atoms with Gasteiger partial charge in [0.25, 0.3) is 0 Å². The van der Waals surface area contributed by atoms with Crippen molar-refractivity contribution < 1.29 is 4.42 Å². The molecule has 0 unspecified atom stereocenters. The second-order valence-corrected chi connectivity index (χ2v) is 12.7. The molecule has 0 aliphatic heterocycles. The maximum absolute atomic E-state index is 6.29. The molecule has 5 nitrogen and oxygen atoms in total. The van der Waals surface area contributed by atoms with Crippen molar-refractivity contribution >= 4 is 49.3 Å². The molecule has 0 saturated heterocycles. The van der Waals surface area contributed by atoms with E-state index in [0.29, 0.717) is 17.6 Å². The molecule has 10 rings (SSSR count). The highest BCUT2D eigenvalue weighted by atomic mass is 16.3. The van der Waals surface area contributed by atoms with Crippen molar-refractivity contribution in [3.05, 3.63) is 164 Å². The zero-order valence-corrected chi connectivity index (χ0v) is 27.1. The van der Waals surface area contributed by atoms with Crippen LogP contribution in [-0.2, 0) is 0 Å². The third-order valence-electron chi connectivity index (χ3n) is 9.68. The number of aromatic nitrogens is 4. The number of benzene rings is 6. The molecule has 236 valence electrons. The Hall–Kier alpha value is -6.59. The predicted octanol–water partition coefficient (Wildman–Crippen LogP) is 11.6. The number of allylic oxidation sites excluding steroid dienone is 4. The summed E-state index contributed by atoms with van der Waals surface area (Å²) < 4.78 is 8.51. The Labute approximate surface area is 288 Å². The van der Waals surface area contributed by atoms with Gasteiger partial charge in [0.1, 0.15) is 11.2 Å². The van der Waals surface area contributed by atoms with Gasteiger partial charge in [-0.2, -0.15) is 9.97 Å². The number of hydrogen-bond acceptors (Lipinski definition) is 4. The van der Waals surface area contributed by atoms with Gasteiger partial charge in [0.15, 0.2) is 11.6 Å². The minimum Gasteiger partial charge on any atom is -0.456 e. The standard InChI is InChI=1S/C45H30N4O/c1-4-15-29(16-5-1)32-27-36(30-17-6-2-7-18-30)41-33-21-10-12-24-37(33)49(38(41)28-32)45-47-43(31-19-8-3-9-20-31)46-44(48-45)35-23-14-26-40-42(35)34-22-11-13-25-39(34)50-40/h1-2,4-8,10-28H,3,9H2. The van der Waals surface area contributed by atoms with Gasteiger partial charge in [-0.1, -0.05) is 127 Å². The number of nitrogens with zero attached hydrogens (tertiary/aromatic N) is 4. The summed E-state index contributed by atoms with van der Waals surface area (Å²) in [5.41, 5.74) is 10.2. The number of hydrogen-bond donors (Lipinski definition) is 0. The van der Waals surface area contributed by atoms with Crippen LogP contribution in [0.4, 0.5) is 0 Å². The lowest BCUT2D eigenvalue weighted by Gasteiger charge is -2.14. The topological polar surface area (TPSA) is 56.7 Å². The van der Waals surface area contributed by atoms with Gasteiger partial charge in [-0.15, -0.1) is 0 Å². The van der Waals surface area contributed by atoms with E-state index in [1.807, 2.05) is 30.3 Å². The Kier molecular flexibility index (Phi) is 6.56. The molecule has 0 bridgehead atoms. The monoisotopic (exact) mass is 642 g/mol. The average molecular weight is 643 g/mol. The molecule has 1 aliphatic rings. The smallest absolute Gasteiger partial charge is 0.238 e. The molecular weight excluding hydrogens is 613 g/mol. The lowest BCUT2D eigenvalue weighted by Crippen LogP contribution is -2.08. The predicted molar refractivity (Wildman–Crippen MR) is 204 cm³/mol. The van der Waals surface area contributed by atoms with Gasteiger partial charge in [0, 0.05) is 32.7 Å². The third kappa shape index (κ3) is 4.59. The zero-order chi connectivity index (χ0) is 33.0. The van der Waals surface area contributed by atoms with E-state index in [4.69, 9.17) is 19.4 Å². The van der Waals surface area contributed by atoms with E-state index in [1.54, 1.807) is 0 Å². The van der Waals surface area contributed by atoms with Gasteiger partial charge in [0.05, 0.1) is 11.0 Å². The molecule has 5 heteroatoms. The summed E-state index contributed by atoms with van der Waals surface area (Å²) >= 11 is 0. The molecule has 3 heterocycles. The van der Waals surface area contributed by atoms with Crippen molar-refractivity contribution in [2.24, 2.45) is 0 Å². The normalized spacial score (nSPS) is 13.1. The first-order valence-corrected chi connectivity index (χ1v) is 17.0. The molecular formula is C45H30N4O. The van der Waals surface area contributed by atoms with Crippen LogP contribution in [-0.4, -0.2) is 19.5 Å². The fourth-order valence-corrected chi connectivity index (χ4v) is 7.41. The Balaban J connectivity index is 1.32. The van der Waals surface area contributed by atoms with Crippen LogP contribution in [0.25, 0.3) is 88.9 Å². The second-order valence-electron chi connectivity index (χ2n) is 12.7. The van der Waals surface area contributed by atoms with E-state index in [0.717, 1.165) is 84.4 Å². The fraction of sp³-hybridized carbons (Fsp3) is 0.0444. The highest BCUT2D eigenvalue weighted by Crippen LogP contribution is 2.42. The van der Waals surface area contributed by atoms with Gasteiger partial charge < -0.3 is 4.42 Å². The van der Waals surface area contributed by atoms with Crippen LogP contribution in [0.1, 0.15) is 18.7 Å². The molecule has 0 spiro atoms. The van der Waals surface area contributed by atoms with Crippen LogP contribution in [0.2, 0.25) is 0 Å². The first-order valence-electron chi connectivity index (χ1n) is 17.0. The highest BCUT2D eigenvalue weighted by Gasteiger charge is 2.23. The van der Waals surface area contributed by atoms with Gasteiger partial charge >= 0.3 is 0 Å². The van der Waals surface area contributed by atoms with Crippen molar-refractivity contribution in [1.29, 1.82) is 0 Å². The summed E-state index contributed by atoms with van der Waals surface area (Å²) in [6, 6.07) is 48.7. The second kappa shape index (κ2) is 11.5. The van der Waals surface area contributed by atoms with Crippen LogP contribution >= 0.6 is 0 Å². The molecule has 0 atom stereocenters. The van der Waals surface area contributed by atoms with Crippen LogP contribution in [0.15, 0.2) is 162 Å². The molecule has 0 N–H and O–H groups in total. The number of fused-ring (bicyclic) bond motifs is 6. The zero-order valence-electron chi connectivity index (χ0n) is 27.1. The Morgan fingerprint density at radius 2 is 1.22 bits per heavy atom. The summed E-state index contributed by atoms with van der Waals surface area (Å²) in [7, 11) is 0. The lowest BCUT2D eigenvalue weighted by atomic mass is 9.94. The highest BCUT2D eigenvalue weighted by molar-refractivity contribution is 6.17. The first kappa shape index (κ1) is 28.4. The van der Waals surface area contributed by atoms with Crippen molar-refractivity contribution in [2.45, 2.75) is 12.8 Å². The summed E-state index contributed by atoms with van der Waals surface area (Å²) in [5.74, 6) is 1.83. The van der Waals surface area contributed by atoms with E-state index in [1.165, 1.54) is 5.56 Å². The first-order chi connectivity index (χ1) is 24.8. The molecule has 1 aliphatic carbocycles. The van der Waals surface area contributed by atoms with Gasteiger partial charge in [0.2, 0.25) is 5.95 Å². The van der Waals surface area contributed by atoms with Gasteiger partial charge in [-0.25, -0.2) is 4.98 Å². The van der Waals surface area contributed by atoms with Crippen LogP contribution < -0.4 is 0 Å². The minimum atomic E-state index is 0.574. The minimum absolute atomic E-state index is 0.574. The fourth-order valence-electron chi connectivity index (χ4n) is 7.41. The summed E-state index contributed by atoms with van der Waals surface area (Å²) in [6.07, 6.45) is 8.50. The molecule has 0 saturated carbocycles. The lowest BCUT2D eigenvalue weighted by molar-refractivity contribution is 0.669. The molecule has 9 aromatic rings. The van der Waals surface area contributed by atoms with Crippen molar-refractivity contribution in [3.63, 3.8) is 0 Å². The van der Waals surface area contributed by atoms with Crippen LogP contribution in [0.3, 0.4) is 0 Å². The van der Waals surface area contributed by atoms with Crippen LogP contribution in [0, 0.1) is 0 Å². The average Bonchev–Trinajstić information content (AvgIpc) is 3.74. The van der Waals surface area contributed by atoms with Crippen LogP contribution in [0.5, 0.6) is 0 Å². The molecule has 50 heavy (non-hydrogen) atoms. The maximum atomic E-state index is 6.29. The van der Waals surface area contributed by atoms with Crippen molar-refractivity contribution in [3.8, 4) is 39.6 Å². The molecule has 3 aromatic heterocycles. The summed E-state index contributed by atoms with van der Waals surface area (Å²) in [6.45, 7) is 0. The Bertz CT molecular complexity index is 2810. The quantitative estimate of drug-likeness (QED) is 0.187. The molecule has 0 fully saturated rings. The Morgan fingerprint density at radius 3 is 2.04 bits per heavy atom.